The van der Waals surface area contributed by atoms with E-state index in [0.717, 1.165) is 5.56 Å². The first-order chi connectivity index (χ1) is 8.29. The molecule has 0 amide bonds. The second kappa shape index (κ2) is 6.26. The number of pyridine rings is 1. The van der Waals surface area contributed by atoms with Gasteiger partial charge in [-0.15, -0.1) is 0 Å². The van der Waals surface area contributed by atoms with Crippen LogP contribution in [0.1, 0.15) is 31.2 Å². The van der Waals surface area contributed by atoms with Crippen LogP contribution >= 0.6 is 0 Å². The quantitative estimate of drug-likeness (QED) is 0.768. The van der Waals surface area contributed by atoms with Gasteiger partial charge in [-0.05, 0) is 30.5 Å². The highest BCUT2D eigenvalue weighted by Crippen LogP contribution is 2.33. The van der Waals surface area contributed by atoms with E-state index in [9.17, 15) is 5.26 Å². The summed E-state index contributed by atoms with van der Waals surface area (Å²) in [5.41, 5.74) is 0.0921. The van der Waals surface area contributed by atoms with Crippen LogP contribution in [-0.4, -0.2) is 4.98 Å². The Hall–Kier alpha value is -2.38. The molecule has 1 rings (SSSR count). The van der Waals surface area contributed by atoms with Crippen LogP contribution < -0.4 is 0 Å². The molecule has 0 N–H and O–H groups in total. The maximum absolute atomic E-state index is 9.39. The maximum Gasteiger partial charge on any atom is 0.0843 e. The van der Waals surface area contributed by atoms with Gasteiger partial charge in [-0.3, -0.25) is 4.98 Å². The van der Waals surface area contributed by atoms with Gasteiger partial charge in [0.05, 0.1) is 23.6 Å². The van der Waals surface area contributed by atoms with Crippen LogP contribution in [0.15, 0.2) is 24.5 Å². The van der Waals surface area contributed by atoms with Crippen molar-refractivity contribution in [3.05, 3.63) is 30.1 Å². The molecule has 1 heterocycles. The van der Waals surface area contributed by atoms with E-state index in [-0.39, 0.29) is 0 Å². The molecule has 0 aliphatic carbocycles. The standard InChI is InChI=1S/C13H12N4/c14-7-1-5-13(11-16,6-2-8-15)12-3-9-17-10-4-12/h3-4,9-10H,1-2,5-6H2. The zero-order chi connectivity index (χ0) is 12.6. The first-order valence-electron chi connectivity index (χ1n) is 5.35. The summed E-state index contributed by atoms with van der Waals surface area (Å²) in [4.78, 5) is 3.91. The largest absolute Gasteiger partial charge is 0.265 e. The molecule has 17 heavy (non-hydrogen) atoms. The first-order valence-corrected chi connectivity index (χ1v) is 5.35. The van der Waals surface area contributed by atoms with E-state index in [1.54, 1.807) is 24.5 Å². The van der Waals surface area contributed by atoms with Crippen LogP contribution in [0.3, 0.4) is 0 Å². The van der Waals surface area contributed by atoms with E-state index in [4.69, 9.17) is 10.5 Å². The number of nitrogens with zero attached hydrogens (tertiary/aromatic N) is 4. The number of nitriles is 3. The van der Waals surface area contributed by atoms with Gasteiger partial charge in [-0.2, -0.15) is 15.8 Å². The first kappa shape index (κ1) is 12.7. The zero-order valence-corrected chi connectivity index (χ0v) is 9.43. The average Bonchev–Trinajstić information content (AvgIpc) is 2.41. The molecule has 0 saturated carbocycles. The molecule has 0 aromatic carbocycles. The van der Waals surface area contributed by atoms with Gasteiger partial charge in [0, 0.05) is 25.2 Å². The lowest BCUT2D eigenvalue weighted by Gasteiger charge is -2.25. The predicted molar refractivity (Wildman–Crippen MR) is 61.2 cm³/mol. The summed E-state index contributed by atoms with van der Waals surface area (Å²) in [5, 5.41) is 26.7. The Kier molecular flexibility index (Phi) is 4.67. The molecule has 0 bridgehead atoms. The molecule has 0 spiro atoms. The highest BCUT2D eigenvalue weighted by molar-refractivity contribution is 5.31. The van der Waals surface area contributed by atoms with E-state index < -0.39 is 5.41 Å². The molecule has 0 unspecified atom stereocenters. The summed E-state index contributed by atoms with van der Waals surface area (Å²) in [6.45, 7) is 0. The minimum absolute atomic E-state index is 0.307. The van der Waals surface area contributed by atoms with E-state index >= 15 is 0 Å². The Labute approximate surface area is 101 Å². The lowest BCUT2D eigenvalue weighted by Crippen LogP contribution is -2.24. The van der Waals surface area contributed by atoms with Gasteiger partial charge in [-0.1, -0.05) is 0 Å². The van der Waals surface area contributed by atoms with Crippen molar-refractivity contribution < 1.29 is 0 Å². The molecule has 0 aliphatic rings. The van der Waals surface area contributed by atoms with E-state index in [2.05, 4.69) is 23.2 Å². The summed E-state index contributed by atoms with van der Waals surface area (Å²) in [6.07, 6.45) is 4.76. The lowest BCUT2D eigenvalue weighted by atomic mass is 9.75. The minimum atomic E-state index is -0.742. The van der Waals surface area contributed by atoms with Gasteiger partial charge >= 0.3 is 0 Å². The van der Waals surface area contributed by atoms with Gasteiger partial charge < -0.3 is 0 Å². The topological polar surface area (TPSA) is 84.3 Å². The molecule has 84 valence electrons. The van der Waals surface area contributed by atoms with Crippen LogP contribution in [0.4, 0.5) is 0 Å². The van der Waals surface area contributed by atoms with E-state index in [1.807, 2.05) is 0 Å². The molecule has 0 radical (unpaired) electrons. The zero-order valence-electron chi connectivity index (χ0n) is 9.43. The SMILES string of the molecule is N#CCCC(C#N)(CCC#N)c1ccncc1. The molecule has 1 aromatic heterocycles. The lowest BCUT2D eigenvalue weighted by molar-refractivity contribution is 0.476. The molecule has 0 aliphatic heterocycles. The summed E-state index contributed by atoms with van der Waals surface area (Å²) in [5.74, 6) is 0. The third kappa shape index (κ3) is 3.03. The summed E-state index contributed by atoms with van der Waals surface area (Å²) < 4.78 is 0. The molecule has 0 saturated heterocycles. The predicted octanol–water partition coefficient (Wildman–Crippen LogP) is 2.45. The van der Waals surface area contributed by atoms with Crippen molar-refractivity contribution in [1.82, 2.24) is 4.98 Å². The van der Waals surface area contributed by atoms with Crippen LogP contribution in [-0.2, 0) is 5.41 Å². The Balaban J connectivity index is 3.05. The maximum atomic E-state index is 9.39. The molecule has 4 heteroatoms. The number of rotatable bonds is 5. The third-order valence-electron chi connectivity index (χ3n) is 2.77. The summed E-state index contributed by atoms with van der Waals surface area (Å²) in [6, 6.07) is 9.93. The number of hydrogen-bond acceptors (Lipinski definition) is 4. The highest BCUT2D eigenvalue weighted by Gasteiger charge is 2.31. The van der Waals surface area contributed by atoms with Crippen LogP contribution in [0.25, 0.3) is 0 Å². The monoisotopic (exact) mass is 224 g/mol. The fourth-order valence-corrected chi connectivity index (χ4v) is 1.80. The normalized spacial score (nSPS) is 9.94. The molecular weight excluding hydrogens is 212 g/mol. The molecule has 4 nitrogen and oxygen atoms in total. The van der Waals surface area contributed by atoms with Crippen LogP contribution in [0.5, 0.6) is 0 Å². The van der Waals surface area contributed by atoms with Crippen molar-refractivity contribution in [1.29, 1.82) is 15.8 Å². The molecule has 0 fully saturated rings. The number of hydrogen-bond donors (Lipinski definition) is 0. The number of aromatic nitrogens is 1. The summed E-state index contributed by atoms with van der Waals surface area (Å²) >= 11 is 0. The summed E-state index contributed by atoms with van der Waals surface area (Å²) in [7, 11) is 0. The fourth-order valence-electron chi connectivity index (χ4n) is 1.80. The van der Waals surface area contributed by atoms with Gasteiger partial charge in [0.15, 0.2) is 0 Å². The molecule has 0 atom stereocenters. The van der Waals surface area contributed by atoms with Crippen molar-refractivity contribution in [3.8, 4) is 18.2 Å². The Bertz CT molecular complexity index is 455. The molecular formula is C13H12N4. The molecule has 1 aromatic rings. The third-order valence-corrected chi connectivity index (χ3v) is 2.77. The Morgan fingerprint density at radius 2 is 1.53 bits per heavy atom. The van der Waals surface area contributed by atoms with E-state index in [0.29, 0.717) is 25.7 Å². The van der Waals surface area contributed by atoms with E-state index in [1.165, 1.54) is 0 Å². The van der Waals surface area contributed by atoms with Crippen molar-refractivity contribution in [3.63, 3.8) is 0 Å². The highest BCUT2D eigenvalue weighted by atomic mass is 14.6. The van der Waals surface area contributed by atoms with Gasteiger partial charge in [0.2, 0.25) is 0 Å². The van der Waals surface area contributed by atoms with Crippen molar-refractivity contribution >= 4 is 0 Å². The fraction of sp³-hybridized carbons (Fsp3) is 0.385. The average molecular weight is 224 g/mol. The van der Waals surface area contributed by atoms with Gasteiger partial charge in [0.25, 0.3) is 0 Å². The van der Waals surface area contributed by atoms with Gasteiger partial charge in [-0.25, -0.2) is 0 Å². The van der Waals surface area contributed by atoms with Gasteiger partial charge in [0.1, 0.15) is 0 Å². The van der Waals surface area contributed by atoms with Crippen molar-refractivity contribution in [2.45, 2.75) is 31.1 Å². The minimum Gasteiger partial charge on any atom is -0.265 e. The van der Waals surface area contributed by atoms with Crippen LogP contribution in [0.2, 0.25) is 0 Å². The van der Waals surface area contributed by atoms with Crippen molar-refractivity contribution in [2.24, 2.45) is 0 Å². The smallest absolute Gasteiger partial charge is 0.0843 e. The second-order valence-electron chi connectivity index (χ2n) is 3.75. The van der Waals surface area contributed by atoms with Crippen molar-refractivity contribution in [2.75, 3.05) is 0 Å². The second-order valence-corrected chi connectivity index (χ2v) is 3.75. The van der Waals surface area contributed by atoms with Crippen LogP contribution in [0, 0.1) is 34.0 Å². The Morgan fingerprint density at radius 3 is 1.94 bits per heavy atom. The Morgan fingerprint density at radius 1 is 1.00 bits per heavy atom.